The number of ether oxygens (including phenoxy) is 3. The van der Waals surface area contributed by atoms with E-state index in [4.69, 9.17) is 24.3 Å². The minimum absolute atomic E-state index is 0.0740. The van der Waals surface area contributed by atoms with Crippen LogP contribution in [0, 0.1) is 0 Å². The number of fused-ring (bicyclic) bond motifs is 1. The molecule has 3 aromatic rings. The Morgan fingerprint density at radius 1 is 0.977 bits per heavy atom. The van der Waals surface area contributed by atoms with Gasteiger partial charge in [0.05, 0.1) is 36.5 Å². The average molecular weight is 628 g/mol. The predicted molar refractivity (Wildman–Crippen MR) is 166 cm³/mol. The molecule has 15 heteroatoms. The number of anilines is 2. The summed E-state index contributed by atoms with van der Waals surface area (Å²) in [6.45, 7) is 8.45. The monoisotopic (exact) mass is 627 g/mol. The van der Waals surface area contributed by atoms with Crippen molar-refractivity contribution in [1.82, 2.24) is 29.7 Å². The van der Waals surface area contributed by atoms with E-state index in [2.05, 4.69) is 42.0 Å². The molecule has 3 N–H and O–H groups in total. The van der Waals surface area contributed by atoms with Gasteiger partial charge in [-0.05, 0) is 38.8 Å². The number of likely N-dealkylation sites (N-methyl/N-ethyl adjacent to an activating group) is 1. The van der Waals surface area contributed by atoms with E-state index >= 15 is 0 Å². The van der Waals surface area contributed by atoms with Gasteiger partial charge in [-0.2, -0.15) is 4.98 Å². The van der Waals surface area contributed by atoms with Crippen LogP contribution in [0.25, 0.3) is 10.9 Å². The van der Waals surface area contributed by atoms with Crippen LogP contribution in [0.5, 0.6) is 11.6 Å². The van der Waals surface area contributed by atoms with E-state index in [0.29, 0.717) is 61.4 Å². The number of sulfonamides is 1. The molecule has 3 aliphatic rings. The van der Waals surface area contributed by atoms with Crippen molar-refractivity contribution in [3.63, 3.8) is 0 Å². The van der Waals surface area contributed by atoms with Crippen molar-refractivity contribution in [1.29, 1.82) is 0 Å². The number of piperazine rings is 1. The smallest absolute Gasteiger partial charge is 0.239 e. The number of morpholine rings is 1. The Bertz CT molecular complexity index is 1510. The van der Waals surface area contributed by atoms with Gasteiger partial charge in [-0.15, -0.1) is 0 Å². The molecule has 0 amide bonds. The lowest BCUT2D eigenvalue weighted by Gasteiger charge is -2.32. The molecular weight excluding hydrogens is 586 g/mol. The van der Waals surface area contributed by atoms with Crippen molar-refractivity contribution in [2.45, 2.75) is 42.7 Å². The Labute approximate surface area is 258 Å². The molecule has 1 saturated carbocycles. The zero-order valence-electron chi connectivity index (χ0n) is 25.1. The van der Waals surface area contributed by atoms with Gasteiger partial charge in [-0.1, -0.05) is 0 Å². The van der Waals surface area contributed by atoms with E-state index < -0.39 is 10.0 Å². The second kappa shape index (κ2) is 13.7. The highest BCUT2D eigenvalue weighted by Crippen LogP contribution is 2.32. The minimum Gasteiger partial charge on any atom is -0.489 e. The van der Waals surface area contributed by atoms with Gasteiger partial charge in [0.25, 0.3) is 0 Å². The molecule has 0 spiro atoms. The summed E-state index contributed by atoms with van der Waals surface area (Å²) >= 11 is 0. The first-order valence-electron chi connectivity index (χ1n) is 15.3. The maximum absolute atomic E-state index is 12.0. The van der Waals surface area contributed by atoms with E-state index in [9.17, 15) is 8.42 Å². The first kappa shape index (κ1) is 30.6. The van der Waals surface area contributed by atoms with Gasteiger partial charge in [-0.25, -0.2) is 23.5 Å². The van der Waals surface area contributed by atoms with Crippen LogP contribution >= 0.6 is 0 Å². The molecule has 0 aromatic carbocycles. The summed E-state index contributed by atoms with van der Waals surface area (Å²) in [7, 11) is -1.78. The third-order valence-corrected chi connectivity index (χ3v) is 9.34. The number of hydrogen-bond donors (Lipinski definition) is 2. The Morgan fingerprint density at radius 3 is 2.41 bits per heavy atom. The highest BCUT2D eigenvalue weighted by atomic mass is 32.2. The van der Waals surface area contributed by atoms with Crippen LogP contribution in [-0.4, -0.2) is 123 Å². The van der Waals surface area contributed by atoms with Crippen molar-refractivity contribution in [2.24, 2.45) is 5.14 Å². The Balaban J connectivity index is 1.04. The maximum atomic E-state index is 12.0. The second-order valence-corrected chi connectivity index (χ2v) is 13.2. The number of primary sulfonamides is 1. The quantitative estimate of drug-likeness (QED) is 0.332. The zero-order valence-corrected chi connectivity index (χ0v) is 25.9. The molecule has 3 fully saturated rings. The van der Waals surface area contributed by atoms with Crippen molar-refractivity contribution < 1.29 is 22.6 Å². The minimum atomic E-state index is -3.93. The lowest BCUT2D eigenvalue weighted by atomic mass is 9.93. The predicted octanol–water partition coefficient (Wildman–Crippen LogP) is 1.33. The molecule has 5 heterocycles. The number of hydrogen-bond acceptors (Lipinski definition) is 13. The molecule has 1 aliphatic carbocycles. The average Bonchev–Trinajstić information content (AvgIpc) is 3.03. The van der Waals surface area contributed by atoms with E-state index in [1.807, 2.05) is 6.07 Å². The molecule has 2 aliphatic heterocycles. The van der Waals surface area contributed by atoms with Crippen LogP contribution in [0.2, 0.25) is 0 Å². The van der Waals surface area contributed by atoms with Crippen LogP contribution in [0.3, 0.4) is 0 Å². The van der Waals surface area contributed by atoms with E-state index in [-0.39, 0.29) is 17.0 Å². The van der Waals surface area contributed by atoms with Crippen molar-refractivity contribution >= 4 is 32.7 Å². The van der Waals surface area contributed by atoms with Crippen LogP contribution in [0.4, 0.5) is 11.8 Å². The molecule has 0 atom stereocenters. The zero-order chi connectivity index (χ0) is 30.5. The Kier molecular flexibility index (Phi) is 9.56. The standard InChI is InChI=1S/C29H41N9O5S/c1-36-6-8-37(9-7-36)10-15-42-23-18-32-29(33-19-23)34-21-2-4-22(5-3-21)43-28-25-16-24(44(30,39)40)20-31-26(25)17-27(35-28)38-11-13-41-14-12-38/h16-22H,2-15H2,1H3,(H2,30,39,40)(H,32,33,34). The summed E-state index contributed by atoms with van der Waals surface area (Å²) in [6, 6.07) is 3.55. The van der Waals surface area contributed by atoms with E-state index in [0.717, 1.165) is 64.2 Å². The molecule has 44 heavy (non-hydrogen) atoms. The molecule has 0 radical (unpaired) electrons. The Morgan fingerprint density at radius 2 is 1.70 bits per heavy atom. The number of pyridine rings is 2. The summed E-state index contributed by atoms with van der Waals surface area (Å²) in [4.78, 5) is 24.9. The third kappa shape index (κ3) is 7.82. The van der Waals surface area contributed by atoms with Crippen molar-refractivity contribution in [3.8, 4) is 11.6 Å². The highest BCUT2D eigenvalue weighted by molar-refractivity contribution is 7.89. The molecule has 3 aromatic heterocycles. The molecule has 0 unspecified atom stereocenters. The number of nitrogens with one attached hydrogen (secondary N) is 1. The van der Waals surface area contributed by atoms with Crippen molar-refractivity contribution in [2.75, 3.05) is 82.9 Å². The van der Waals surface area contributed by atoms with Crippen molar-refractivity contribution in [3.05, 3.63) is 30.7 Å². The molecular formula is C29H41N9O5S. The van der Waals surface area contributed by atoms with Gasteiger partial charge in [0.1, 0.15) is 23.4 Å². The first-order valence-corrected chi connectivity index (χ1v) is 16.8. The largest absolute Gasteiger partial charge is 0.489 e. The fraction of sp³-hybridized carbons (Fsp3) is 0.586. The van der Waals surface area contributed by atoms with Gasteiger partial charge < -0.3 is 29.3 Å². The summed E-state index contributed by atoms with van der Waals surface area (Å²) < 4.78 is 41.9. The first-order chi connectivity index (χ1) is 21.3. The topological polar surface area (TPSA) is 161 Å². The number of nitrogens with two attached hydrogens (primary N) is 1. The number of nitrogens with zero attached hydrogens (tertiary/aromatic N) is 7. The summed E-state index contributed by atoms with van der Waals surface area (Å²) in [5, 5.41) is 9.35. The summed E-state index contributed by atoms with van der Waals surface area (Å²) in [5.74, 6) is 2.34. The van der Waals surface area contributed by atoms with Gasteiger partial charge in [-0.3, -0.25) is 9.88 Å². The van der Waals surface area contributed by atoms with Crippen LogP contribution < -0.4 is 24.8 Å². The molecule has 2 saturated heterocycles. The van der Waals surface area contributed by atoms with Gasteiger partial charge >= 0.3 is 0 Å². The fourth-order valence-electron chi connectivity index (χ4n) is 5.76. The number of rotatable bonds is 10. The van der Waals surface area contributed by atoms with Crippen LogP contribution in [0.1, 0.15) is 25.7 Å². The molecule has 14 nitrogen and oxygen atoms in total. The van der Waals surface area contributed by atoms with E-state index in [1.54, 1.807) is 12.4 Å². The van der Waals surface area contributed by atoms with E-state index in [1.165, 1.54) is 12.3 Å². The van der Waals surface area contributed by atoms with Crippen LogP contribution in [-0.2, 0) is 14.8 Å². The van der Waals surface area contributed by atoms with Crippen LogP contribution in [0.15, 0.2) is 35.6 Å². The molecule has 6 rings (SSSR count). The third-order valence-electron chi connectivity index (χ3n) is 8.46. The number of aromatic nitrogens is 4. The lowest BCUT2D eigenvalue weighted by molar-refractivity contribution is 0.122. The highest BCUT2D eigenvalue weighted by Gasteiger charge is 2.26. The molecule has 0 bridgehead atoms. The fourth-order valence-corrected chi connectivity index (χ4v) is 6.24. The summed E-state index contributed by atoms with van der Waals surface area (Å²) in [6.07, 6.45) is 7.93. The summed E-state index contributed by atoms with van der Waals surface area (Å²) in [5.41, 5.74) is 0.600. The van der Waals surface area contributed by atoms with Gasteiger partial charge in [0.2, 0.25) is 21.9 Å². The van der Waals surface area contributed by atoms with Gasteiger partial charge in [0.15, 0.2) is 5.75 Å². The lowest BCUT2D eigenvalue weighted by Crippen LogP contribution is -2.45. The second-order valence-electron chi connectivity index (χ2n) is 11.6. The SMILES string of the molecule is CN1CCN(CCOc2cnc(NC3CCC(Oc4nc(N5CCOCC5)cc5ncc(S(N)(=O)=O)cc45)CC3)nc2)CC1. The van der Waals surface area contributed by atoms with Gasteiger partial charge in [0, 0.05) is 64.1 Å². The maximum Gasteiger partial charge on any atom is 0.239 e. The molecule has 238 valence electrons. The Hall–Kier alpha value is -3.37. The normalized spacial score (nSPS) is 22.2.